The molecule has 0 aromatic heterocycles. The lowest BCUT2D eigenvalue weighted by atomic mass is 10.0. The second kappa shape index (κ2) is 7.13. The van der Waals surface area contributed by atoms with E-state index in [1.54, 1.807) is 6.92 Å². The van der Waals surface area contributed by atoms with Gasteiger partial charge in [-0.3, -0.25) is 4.79 Å². The zero-order chi connectivity index (χ0) is 13.5. The summed E-state index contributed by atoms with van der Waals surface area (Å²) >= 11 is 0. The number of nitrogens with two attached hydrogens (primary N) is 1. The number of aryl methyl sites for hydroxylation is 1. The number of ether oxygens (including phenoxy) is 2. The highest BCUT2D eigenvalue weighted by atomic mass is 16.5. The molecular weight excluding hydrogens is 230 g/mol. The Balaban J connectivity index is 2.87. The Morgan fingerprint density at radius 2 is 1.83 bits per heavy atom. The van der Waals surface area contributed by atoms with Crippen LogP contribution in [0.2, 0.25) is 0 Å². The third kappa shape index (κ3) is 3.82. The first kappa shape index (κ1) is 14.7. The van der Waals surface area contributed by atoms with Gasteiger partial charge in [-0.1, -0.05) is 29.8 Å². The quantitative estimate of drug-likeness (QED) is 0.785. The molecule has 0 aliphatic heterocycles. The van der Waals surface area contributed by atoms with E-state index in [-0.39, 0.29) is 0 Å². The summed E-state index contributed by atoms with van der Waals surface area (Å²) in [6, 6.07) is 7.00. The molecule has 0 amide bonds. The molecule has 0 bridgehead atoms. The molecule has 1 aromatic carbocycles. The SMILES string of the molecule is CCOC(=O)C(N)C(OCC)c1ccc(C)cc1. The van der Waals surface area contributed by atoms with Crippen LogP contribution in [0.5, 0.6) is 0 Å². The van der Waals surface area contributed by atoms with Crippen LogP contribution in [0.1, 0.15) is 31.1 Å². The maximum atomic E-state index is 11.7. The van der Waals surface area contributed by atoms with E-state index in [1.807, 2.05) is 38.1 Å². The van der Waals surface area contributed by atoms with Gasteiger partial charge in [-0.05, 0) is 26.3 Å². The van der Waals surface area contributed by atoms with Crippen molar-refractivity contribution in [1.82, 2.24) is 0 Å². The number of hydrogen-bond acceptors (Lipinski definition) is 4. The predicted octanol–water partition coefficient (Wildman–Crippen LogP) is 1.96. The highest BCUT2D eigenvalue weighted by Crippen LogP contribution is 2.21. The largest absolute Gasteiger partial charge is 0.465 e. The molecule has 2 unspecified atom stereocenters. The Bertz CT molecular complexity index is 375. The van der Waals surface area contributed by atoms with Gasteiger partial charge in [0.15, 0.2) is 0 Å². The minimum absolute atomic E-state index is 0.319. The van der Waals surface area contributed by atoms with Crippen molar-refractivity contribution >= 4 is 5.97 Å². The van der Waals surface area contributed by atoms with Gasteiger partial charge in [-0.15, -0.1) is 0 Å². The lowest BCUT2D eigenvalue weighted by Gasteiger charge is -2.22. The van der Waals surface area contributed by atoms with Gasteiger partial charge < -0.3 is 15.2 Å². The molecular formula is C14H21NO3. The zero-order valence-electron chi connectivity index (χ0n) is 11.2. The first-order valence-corrected chi connectivity index (χ1v) is 6.20. The van der Waals surface area contributed by atoms with Gasteiger partial charge in [0, 0.05) is 6.61 Å². The number of esters is 1. The van der Waals surface area contributed by atoms with Crippen LogP contribution in [0.25, 0.3) is 0 Å². The molecule has 100 valence electrons. The van der Waals surface area contributed by atoms with Crippen molar-refractivity contribution < 1.29 is 14.3 Å². The first-order valence-electron chi connectivity index (χ1n) is 6.20. The highest BCUT2D eigenvalue weighted by Gasteiger charge is 2.27. The van der Waals surface area contributed by atoms with E-state index in [0.29, 0.717) is 13.2 Å². The monoisotopic (exact) mass is 251 g/mol. The maximum Gasteiger partial charge on any atom is 0.325 e. The van der Waals surface area contributed by atoms with Crippen LogP contribution in [-0.2, 0) is 14.3 Å². The number of carbonyl (C=O) groups is 1. The molecule has 0 saturated heterocycles. The zero-order valence-corrected chi connectivity index (χ0v) is 11.2. The molecule has 18 heavy (non-hydrogen) atoms. The van der Waals surface area contributed by atoms with Gasteiger partial charge >= 0.3 is 5.97 Å². The van der Waals surface area contributed by atoms with E-state index < -0.39 is 18.1 Å². The minimum Gasteiger partial charge on any atom is -0.465 e. The first-order chi connectivity index (χ1) is 8.60. The molecule has 4 heteroatoms. The summed E-state index contributed by atoms with van der Waals surface area (Å²) in [5.74, 6) is -0.434. The second-order valence-corrected chi connectivity index (χ2v) is 4.06. The van der Waals surface area contributed by atoms with Crippen LogP contribution in [0.4, 0.5) is 0 Å². The van der Waals surface area contributed by atoms with Crippen LogP contribution in [0.3, 0.4) is 0 Å². The topological polar surface area (TPSA) is 61.5 Å². The van der Waals surface area contributed by atoms with Crippen LogP contribution in [-0.4, -0.2) is 25.2 Å². The minimum atomic E-state index is -0.799. The average Bonchev–Trinajstić information content (AvgIpc) is 2.37. The Morgan fingerprint density at radius 1 is 1.22 bits per heavy atom. The lowest BCUT2D eigenvalue weighted by molar-refractivity contribution is -0.148. The summed E-state index contributed by atoms with van der Waals surface area (Å²) < 4.78 is 10.5. The molecule has 1 rings (SSSR count). The summed E-state index contributed by atoms with van der Waals surface area (Å²) in [7, 11) is 0. The van der Waals surface area contributed by atoms with Crippen molar-refractivity contribution in [3.63, 3.8) is 0 Å². The fourth-order valence-electron chi connectivity index (χ4n) is 1.70. The van der Waals surface area contributed by atoms with E-state index in [2.05, 4.69) is 0 Å². The molecule has 0 aliphatic rings. The summed E-state index contributed by atoms with van der Waals surface area (Å²) in [5.41, 5.74) is 7.95. The summed E-state index contributed by atoms with van der Waals surface area (Å²) in [5, 5.41) is 0. The van der Waals surface area contributed by atoms with Crippen LogP contribution in [0, 0.1) is 6.92 Å². The van der Waals surface area contributed by atoms with Gasteiger partial charge in [0.2, 0.25) is 0 Å². The van der Waals surface area contributed by atoms with Gasteiger partial charge in [0.25, 0.3) is 0 Å². The molecule has 0 fully saturated rings. The summed E-state index contributed by atoms with van der Waals surface area (Å²) in [6.45, 7) is 6.45. The Labute approximate surface area is 108 Å². The van der Waals surface area contributed by atoms with E-state index >= 15 is 0 Å². The maximum absolute atomic E-state index is 11.7. The lowest BCUT2D eigenvalue weighted by Crippen LogP contribution is -2.39. The number of hydrogen-bond donors (Lipinski definition) is 1. The van der Waals surface area contributed by atoms with E-state index in [1.165, 1.54) is 0 Å². The molecule has 2 atom stereocenters. The molecule has 2 N–H and O–H groups in total. The molecule has 0 saturated carbocycles. The molecule has 1 aromatic rings. The molecule has 0 aliphatic carbocycles. The third-order valence-corrected chi connectivity index (χ3v) is 2.64. The van der Waals surface area contributed by atoms with Crippen molar-refractivity contribution in [3.05, 3.63) is 35.4 Å². The Morgan fingerprint density at radius 3 is 2.33 bits per heavy atom. The second-order valence-electron chi connectivity index (χ2n) is 4.06. The average molecular weight is 251 g/mol. The highest BCUT2D eigenvalue weighted by molar-refractivity contribution is 5.76. The van der Waals surface area contributed by atoms with Gasteiger partial charge in [-0.25, -0.2) is 0 Å². The van der Waals surface area contributed by atoms with Gasteiger partial charge in [0.1, 0.15) is 12.1 Å². The molecule has 4 nitrogen and oxygen atoms in total. The fourth-order valence-corrected chi connectivity index (χ4v) is 1.70. The van der Waals surface area contributed by atoms with E-state index in [9.17, 15) is 4.79 Å². The molecule has 0 radical (unpaired) electrons. The van der Waals surface area contributed by atoms with E-state index in [0.717, 1.165) is 11.1 Å². The van der Waals surface area contributed by atoms with Gasteiger partial charge in [-0.2, -0.15) is 0 Å². The molecule has 0 heterocycles. The Hall–Kier alpha value is -1.39. The van der Waals surface area contributed by atoms with Crippen LogP contribution >= 0.6 is 0 Å². The molecule has 0 spiro atoms. The smallest absolute Gasteiger partial charge is 0.325 e. The van der Waals surface area contributed by atoms with Gasteiger partial charge in [0.05, 0.1) is 6.61 Å². The van der Waals surface area contributed by atoms with Crippen molar-refractivity contribution in [2.24, 2.45) is 5.73 Å². The number of rotatable bonds is 6. The van der Waals surface area contributed by atoms with Crippen molar-refractivity contribution in [1.29, 1.82) is 0 Å². The normalized spacial score (nSPS) is 14.0. The fraction of sp³-hybridized carbons (Fsp3) is 0.500. The van der Waals surface area contributed by atoms with Crippen molar-refractivity contribution in [2.75, 3.05) is 13.2 Å². The van der Waals surface area contributed by atoms with Crippen LogP contribution < -0.4 is 5.73 Å². The third-order valence-electron chi connectivity index (χ3n) is 2.64. The standard InChI is InChI=1S/C14H21NO3/c1-4-17-13(12(15)14(16)18-5-2)11-8-6-10(3)7-9-11/h6-9,12-13H,4-5,15H2,1-3H3. The Kier molecular flexibility index (Phi) is 5.82. The predicted molar refractivity (Wildman–Crippen MR) is 70.2 cm³/mol. The van der Waals surface area contributed by atoms with E-state index in [4.69, 9.17) is 15.2 Å². The van der Waals surface area contributed by atoms with Crippen LogP contribution in [0.15, 0.2) is 24.3 Å². The van der Waals surface area contributed by atoms with Crippen molar-refractivity contribution in [2.45, 2.75) is 32.9 Å². The number of benzene rings is 1. The summed E-state index contributed by atoms with van der Waals surface area (Å²) in [6.07, 6.45) is -0.463. The summed E-state index contributed by atoms with van der Waals surface area (Å²) in [4.78, 5) is 11.7. The number of carbonyl (C=O) groups excluding carboxylic acids is 1. The van der Waals surface area contributed by atoms with Crippen molar-refractivity contribution in [3.8, 4) is 0 Å².